The molecule has 0 aliphatic carbocycles. The van der Waals surface area contributed by atoms with Crippen LogP contribution in [0.2, 0.25) is 0 Å². The summed E-state index contributed by atoms with van der Waals surface area (Å²) in [6, 6.07) is 38.4. The number of unbranched alkanes of at least 4 members (excludes halogenated alkanes) is 1. The molecule has 41 heavy (non-hydrogen) atoms. The van der Waals surface area contributed by atoms with E-state index in [9.17, 15) is 9.59 Å². The number of amides is 2. The van der Waals surface area contributed by atoms with Crippen molar-refractivity contribution < 1.29 is 14.3 Å². The number of carbonyl (C=O) groups is 2. The molecule has 206 valence electrons. The molecule has 0 saturated carbocycles. The third-order valence-corrected chi connectivity index (χ3v) is 7.83. The molecule has 6 heteroatoms. The van der Waals surface area contributed by atoms with Crippen LogP contribution in [0.1, 0.15) is 40.9 Å². The summed E-state index contributed by atoms with van der Waals surface area (Å²) >= 11 is 1.44. The number of rotatable bonds is 11. The Labute approximate surface area is 244 Å². The lowest BCUT2D eigenvalue weighted by Crippen LogP contribution is -2.19. The molecule has 0 aromatic heterocycles. The van der Waals surface area contributed by atoms with Crippen LogP contribution >= 0.6 is 11.8 Å². The van der Waals surface area contributed by atoms with Crippen molar-refractivity contribution in [3.63, 3.8) is 0 Å². The van der Waals surface area contributed by atoms with Crippen LogP contribution in [0.15, 0.2) is 126 Å². The number of hydrogen-bond donors (Lipinski definition) is 2. The van der Waals surface area contributed by atoms with Gasteiger partial charge in [0, 0.05) is 21.8 Å². The summed E-state index contributed by atoms with van der Waals surface area (Å²) in [5.74, 6) is 0.469. The van der Waals surface area contributed by atoms with Gasteiger partial charge in [-0.15, -0.1) is 11.8 Å². The number of nitrogens with one attached hydrogen (secondary N) is 2. The minimum atomic E-state index is -0.497. The van der Waals surface area contributed by atoms with Gasteiger partial charge in [-0.3, -0.25) is 9.59 Å². The van der Waals surface area contributed by atoms with Gasteiger partial charge in [0.05, 0.1) is 6.61 Å². The average molecular weight is 561 g/mol. The Bertz CT molecular complexity index is 1620. The summed E-state index contributed by atoms with van der Waals surface area (Å²) in [5, 5.41) is 7.66. The first-order chi connectivity index (χ1) is 20.1. The SMILES string of the molecule is CCCCOc1ccc(NC(=O)C(Sc2cccc(NC(=O)c3ccc4ccccc4c3)c2)c2ccccc2)cc1. The normalized spacial score (nSPS) is 11.5. The van der Waals surface area contributed by atoms with Crippen LogP contribution in [0, 0.1) is 0 Å². The highest BCUT2D eigenvalue weighted by atomic mass is 32.2. The van der Waals surface area contributed by atoms with Crippen LogP contribution in [-0.4, -0.2) is 18.4 Å². The van der Waals surface area contributed by atoms with Gasteiger partial charge < -0.3 is 15.4 Å². The van der Waals surface area contributed by atoms with Gasteiger partial charge in [0.2, 0.25) is 5.91 Å². The maximum atomic E-state index is 13.5. The van der Waals surface area contributed by atoms with Crippen molar-refractivity contribution in [1.29, 1.82) is 0 Å². The van der Waals surface area contributed by atoms with Crippen molar-refractivity contribution >= 4 is 45.7 Å². The predicted molar refractivity (Wildman–Crippen MR) is 169 cm³/mol. The van der Waals surface area contributed by atoms with Crippen LogP contribution < -0.4 is 15.4 Å². The van der Waals surface area contributed by atoms with Crippen molar-refractivity contribution in [3.05, 3.63) is 132 Å². The van der Waals surface area contributed by atoms with E-state index in [0.717, 1.165) is 39.8 Å². The number of fused-ring (bicyclic) bond motifs is 1. The van der Waals surface area contributed by atoms with Gasteiger partial charge in [0.1, 0.15) is 11.0 Å². The molecule has 0 saturated heterocycles. The number of carbonyl (C=O) groups excluding carboxylic acids is 2. The molecule has 5 rings (SSSR count). The van der Waals surface area contributed by atoms with Crippen LogP contribution in [0.5, 0.6) is 5.75 Å². The molecule has 0 fully saturated rings. The number of thioether (sulfide) groups is 1. The summed E-state index contributed by atoms with van der Waals surface area (Å²) in [6.45, 7) is 2.80. The van der Waals surface area contributed by atoms with E-state index in [1.165, 1.54) is 11.8 Å². The number of ether oxygens (including phenoxy) is 1. The topological polar surface area (TPSA) is 67.4 Å². The summed E-state index contributed by atoms with van der Waals surface area (Å²) in [5.41, 5.74) is 2.85. The second-order valence-electron chi connectivity index (χ2n) is 9.67. The first-order valence-electron chi connectivity index (χ1n) is 13.7. The molecule has 1 unspecified atom stereocenters. The Morgan fingerprint density at radius 2 is 1.49 bits per heavy atom. The maximum Gasteiger partial charge on any atom is 0.255 e. The van der Waals surface area contributed by atoms with Gasteiger partial charge in [-0.2, -0.15) is 0 Å². The highest BCUT2D eigenvalue weighted by molar-refractivity contribution is 8.00. The smallest absolute Gasteiger partial charge is 0.255 e. The standard InChI is InChI=1S/C35H32N2O3S/c1-2-3-22-40-31-20-18-29(19-21-31)36-35(39)33(26-11-5-4-6-12-26)41-32-15-9-14-30(24-32)37-34(38)28-17-16-25-10-7-8-13-27(25)23-28/h4-21,23-24,33H,2-3,22H2,1H3,(H,36,39)(H,37,38). The lowest BCUT2D eigenvalue weighted by Gasteiger charge is -2.18. The summed E-state index contributed by atoms with van der Waals surface area (Å²) in [4.78, 5) is 27.4. The van der Waals surface area contributed by atoms with E-state index in [1.54, 1.807) is 0 Å². The molecule has 1 atom stereocenters. The molecule has 0 radical (unpaired) electrons. The first kappa shape index (κ1) is 28.0. The number of hydrogen-bond acceptors (Lipinski definition) is 4. The van der Waals surface area contributed by atoms with Crippen molar-refractivity contribution in [1.82, 2.24) is 0 Å². The predicted octanol–water partition coefficient (Wildman–Crippen LogP) is 8.74. The second-order valence-corrected chi connectivity index (χ2v) is 10.8. The van der Waals surface area contributed by atoms with Crippen LogP contribution in [-0.2, 0) is 4.79 Å². The van der Waals surface area contributed by atoms with Crippen LogP contribution in [0.3, 0.4) is 0 Å². The minimum Gasteiger partial charge on any atom is -0.494 e. The van der Waals surface area contributed by atoms with Gasteiger partial charge in [-0.25, -0.2) is 0 Å². The molecule has 5 aromatic rings. The van der Waals surface area contributed by atoms with Gasteiger partial charge in [0.15, 0.2) is 0 Å². The fourth-order valence-corrected chi connectivity index (χ4v) is 5.48. The molecule has 2 N–H and O–H groups in total. The average Bonchev–Trinajstić information content (AvgIpc) is 3.01. The lowest BCUT2D eigenvalue weighted by atomic mass is 10.1. The fraction of sp³-hybridized carbons (Fsp3) is 0.143. The third kappa shape index (κ3) is 7.56. The lowest BCUT2D eigenvalue weighted by molar-refractivity contribution is -0.115. The van der Waals surface area contributed by atoms with E-state index >= 15 is 0 Å². The minimum absolute atomic E-state index is 0.133. The molecule has 0 spiro atoms. The molecule has 0 aliphatic heterocycles. The van der Waals surface area contributed by atoms with E-state index in [-0.39, 0.29) is 11.8 Å². The van der Waals surface area contributed by atoms with Crippen molar-refractivity contribution in [2.45, 2.75) is 29.9 Å². The number of benzene rings is 5. The highest BCUT2D eigenvalue weighted by Gasteiger charge is 2.22. The third-order valence-electron chi connectivity index (χ3n) is 6.59. The van der Waals surface area contributed by atoms with Crippen LogP contribution in [0.4, 0.5) is 11.4 Å². The monoisotopic (exact) mass is 560 g/mol. The van der Waals surface area contributed by atoms with Crippen LogP contribution in [0.25, 0.3) is 10.8 Å². The summed E-state index contributed by atoms with van der Waals surface area (Å²) in [7, 11) is 0. The molecular weight excluding hydrogens is 528 g/mol. The molecule has 2 amide bonds. The van der Waals surface area contributed by atoms with E-state index < -0.39 is 5.25 Å². The maximum absolute atomic E-state index is 13.5. The summed E-state index contributed by atoms with van der Waals surface area (Å²) < 4.78 is 5.74. The van der Waals surface area contributed by atoms with Gasteiger partial charge in [0.25, 0.3) is 5.91 Å². The molecule has 5 aromatic carbocycles. The molecular formula is C35H32N2O3S. The fourth-order valence-electron chi connectivity index (χ4n) is 4.39. The zero-order valence-corrected chi connectivity index (χ0v) is 23.7. The quantitative estimate of drug-likeness (QED) is 0.125. The molecule has 5 nitrogen and oxygen atoms in total. The zero-order valence-electron chi connectivity index (χ0n) is 22.9. The van der Waals surface area contributed by atoms with Gasteiger partial charge in [-0.1, -0.05) is 80.1 Å². The largest absolute Gasteiger partial charge is 0.494 e. The Morgan fingerprint density at radius 1 is 0.732 bits per heavy atom. The Balaban J connectivity index is 1.29. The Hall–Kier alpha value is -4.55. The summed E-state index contributed by atoms with van der Waals surface area (Å²) in [6.07, 6.45) is 2.08. The molecule has 0 bridgehead atoms. The van der Waals surface area contributed by atoms with Crippen molar-refractivity contribution in [2.24, 2.45) is 0 Å². The first-order valence-corrected chi connectivity index (χ1v) is 14.6. The molecule has 0 heterocycles. The Morgan fingerprint density at radius 3 is 2.27 bits per heavy atom. The van der Waals surface area contributed by atoms with Crippen molar-refractivity contribution in [2.75, 3.05) is 17.2 Å². The zero-order chi connectivity index (χ0) is 28.4. The van der Waals surface area contributed by atoms with E-state index in [0.29, 0.717) is 23.5 Å². The van der Waals surface area contributed by atoms with Gasteiger partial charge in [-0.05, 0) is 77.4 Å². The Kier molecular flexibility index (Phi) is 9.34. The van der Waals surface area contributed by atoms with E-state index in [2.05, 4.69) is 17.6 Å². The van der Waals surface area contributed by atoms with E-state index in [4.69, 9.17) is 4.74 Å². The van der Waals surface area contributed by atoms with Crippen molar-refractivity contribution in [3.8, 4) is 5.75 Å². The highest BCUT2D eigenvalue weighted by Crippen LogP contribution is 2.37. The van der Waals surface area contributed by atoms with Gasteiger partial charge >= 0.3 is 0 Å². The van der Waals surface area contributed by atoms with E-state index in [1.807, 2.05) is 121 Å². The molecule has 0 aliphatic rings. The number of anilines is 2. The second kappa shape index (κ2) is 13.7.